The molecule has 6 rings (SSSR count). The lowest BCUT2D eigenvalue weighted by Gasteiger charge is -2.21. The average Bonchev–Trinajstić information content (AvgIpc) is 3.28. The van der Waals surface area contributed by atoms with Crippen molar-refractivity contribution >= 4 is 33.4 Å². The second-order valence-corrected chi connectivity index (χ2v) is 8.52. The van der Waals surface area contributed by atoms with Crippen LogP contribution in [-0.4, -0.2) is 41.2 Å². The molecule has 0 fully saturated rings. The van der Waals surface area contributed by atoms with Crippen molar-refractivity contribution in [3.63, 3.8) is 0 Å². The van der Waals surface area contributed by atoms with E-state index in [1.54, 1.807) is 27.5 Å². The maximum absolute atomic E-state index is 13.5. The number of hydrogen-bond acceptors (Lipinski definition) is 7. The molecule has 0 atom stereocenters. The van der Waals surface area contributed by atoms with E-state index in [1.807, 2.05) is 68.7 Å². The number of pyridine rings is 2. The topological polar surface area (TPSA) is 94.1 Å². The Hall–Kier alpha value is -4.66. The van der Waals surface area contributed by atoms with E-state index in [1.165, 1.54) is 0 Å². The molecule has 0 amide bonds. The first-order valence-electron chi connectivity index (χ1n) is 11.3. The van der Waals surface area contributed by atoms with Gasteiger partial charge in [0.25, 0.3) is 5.56 Å². The zero-order valence-corrected chi connectivity index (χ0v) is 19.3. The Morgan fingerprint density at radius 1 is 1.00 bits per heavy atom. The number of aromatic nitrogens is 7. The number of rotatable bonds is 5. The van der Waals surface area contributed by atoms with Crippen LogP contribution < -0.4 is 10.5 Å². The average molecular weight is 463 g/mol. The van der Waals surface area contributed by atoms with E-state index in [0.29, 0.717) is 29.0 Å². The summed E-state index contributed by atoms with van der Waals surface area (Å²) in [5.41, 5.74) is 4.22. The molecule has 0 radical (unpaired) electrons. The quantitative estimate of drug-likeness (QED) is 0.388. The summed E-state index contributed by atoms with van der Waals surface area (Å²) in [6, 6.07) is 17.4. The zero-order chi connectivity index (χ0) is 23.9. The highest BCUT2D eigenvalue weighted by Crippen LogP contribution is 2.25. The predicted octanol–water partition coefficient (Wildman–Crippen LogP) is 3.38. The summed E-state index contributed by atoms with van der Waals surface area (Å²) < 4.78 is 3.40. The van der Waals surface area contributed by atoms with Crippen LogP contribution in [0.15, 0.2) is 78.0 Å². The SMILES string of the molecule is Cc1cc2n(Cc3nc(N(C)Cc4cccnc4)c4ccccc4n3)c(=O)c3ncccc3n2n1. The summed E-state index contributed by atoms with van der Waals surface area (Å²) in [4.78, 5) is 33.8. The molecular formula is C26H22N8O. The Balaban J connectivity index is 1.50. The van der Waals surface area contributed by atoms with Gasteiger partial charge in [0.2, 0.25) is 0 Å². The lowest BCUT2D eigenvalue weighted by atomic mass is 10.2. The van der Waals surface area contributed by atoms with Gasteiger partial charge >= 0.3 is 0 Å². The number of hydrogen-bond donors (Lipinski definition) is 0. The van der Waals surface area contributed by atoms with Crippen LogP contribution in [0, 0.1) is 6.92 Å². The second-order valence-electron chi connectivity index (χ2n) is 8.52. The minimum atomic E-state index is -0.199. The van der Waals surface area contributed by atoms with Gasteiger partial charge in [0, 0.05) is 43.6 Å². The monoisotopic (exact) mass is 462 g/mol. The summed E-state index contributed by atoms with van der Waals surface area (Å²) in [6.07, 6.45) is 5.23. The third-order valence-corrected chi connectivity index (χ3v) is 5.98. The largest absolute Gasteiger partial charge is 0.355 e. The highest BCUT2D eigenvalue weighted by Gasteiger charge is 2.17. The van der Waals surface area contributed by atoms with Crippen molar-refractivity contribution in [2.75, 3.05) is 11.9 Å². The van der Waals surface area contributed by atoms with Crippen molar-refractivity contribution in [2.24, 2.45) is 0 Å². The van der Waals surface area contributed by atoms with Gasteiger partial charge in [-0.2, -0.15) is 5.10 Å². The molecule has 0 spiro atoms. The normalized spacial score (nSPS) is 11.5. The zero-order valence-electron chi connectivity index (χ0n) is 19.3. The summed E-state index contributed by atoms with van der Waals surface area (Å²) in [7, 11) is 2.00. The van der Waals surface area contributed by atoms with E-state index in [2.05, 4.69) is 20.0 Å². The van der Waals surface area contributed by atoms with Crippen LogP contribution in [0.5, 0.6) is 0 Å². The minimum Gasteiger partial charge on any atom is -0.355 e. The van der Waals surface area contributed by atoms with Gasteiger partial charge in [-0.25, -0.2) is 19.5 Å². The van der Waals surface area contributed by atoms with Crippen molar-refractivity contribution < 1.29 is 0 Å². The standard InChI is InChI=1S/C26H22N8O/c1-17-13-23-33(26(35)24-21(34(23)31-17)10-6-12-28-24)16-22-29-20-9-4-3-8-19(20)25(30-22)32(2)15-18-7-5-11-27-14-18/h3-14H,15-16H2,1-2H3. The summed E-state index contributed by atoms with van der Waals surface area (Å²) in [5.74, 6) is 1.33. The molecular weight excluding hydrogens is 440 g/mol. The Morgan fingerprint density at radius 2 is 1.86 bits per heavy atom. The molecule has 35 heavy (non-hydrogen) atoms. The maximum atomic E-state index is 13.5. The van der Waals surface area contributed by atoms with Gasteiger partial charge in [-0.15, -0.1) is 0 Å². The molecule has 0 aliphatic heterocycles. The molecule has 0 aliphatic carbocycles. The molecule has 5 heterocycles. The number of benzene rings is 1. The molecule has 172 valence electrons. The third kappa shape index (κ3) is 3.67. The van der Waals surface area contributed by atoms with Crippen LogP contribution >= 0.6 is 0 Å². The molecule has 0 bridgehead atoms. The van der Waals surface area contributed by atoms with E-state index >= 15 is 0 Å². The van der Waals surface area contributed by atoms with Gasteiger partial charge in [0.1, 0.15) is 11.5 Å². The van der Waals surface area contributed by atoms with Gasteiger partial charge in [-0.3, -0.25) is 14.3 Å². The highest BCUT2D eigenvalue weighted by molar-refractivity contribution is 5.89. The first-order valence-corrected chi connectivity index (χ1v) is 11.3. The van der Waals surface area contributed by atoms with Crippen molar-refractivity contribution in [3.8, 4) is 0 Å². The van der Waals surface area contributed by atoms with E-state index < -0.39 is 0 Å². The molecule has 0 aliphatic rings. The molecule has 9 heteroatoms. The smallest absolute Gasteiger partial charge is 0.280 e. The minimum absolute atomic E-state index is 0.193. The predicted molar refractivity (Wildman–Crippen MR) is 134 cm³/mol. The van der Waals surface area contributed by atoms with Crippen LogP contribution in [0.2, 0.25) is 0 Å². The second kappa shape index (κ2) is 8.28. The van der Waals surface area contributed by atoms with Gasteiger partial charge in [0.05, 0.1) is 23.3 Å². The molecule has 5 aromatic heterocycles. The van der Waals surface area contributed by atoms with Crippen LogP contribution in [0.3, 0.4) is 0 Å². The lowest BCUT2D eigenvalue weighted by molar-refractivity contribution is 0.722. The fraction of sp³-hybridized carbons (Fsp3) is 0.154. The molecule has 1 aromatic carbocycles. The van der Waals surface area contributed by atoms with Crippen molar-refractivity contribution in [1.82, 2.24) is 34.1 Å². The van der Waals surface area contributed by atoms with Gasteiger partial charge in [-0.1, -0.05) is 18.2 Å². The van der Waals surface area contributed by atoms with Crippen LogP contribution in [0.1, 0.15) is 17.1 Å². The third-order valence-electron chi connectivity index (χ3n) is 5.98. The first kappa shape index (κ1) is 20.9. The summed E-state index contributed by atoms with van der Waals surface area (Å²) in [6.45, 7) is 2.74. The van der Waals surface area contributed by atoms with Crippen LogP contribution in [0.4, 0.5) is 5.82 Å². The Labute approximate surface area is 200 Å². The number of anilines is 1. The maximum Gasteiger partial charge on any atom is 0.280 e. The van der Waals surface area contributed by atoms with Gasteiger partial charge in [-0.05, 0) is 42.8 Å². The Morgan fingerprint density at radius 3 is 2.71 bits per heavy atom. The molecule has 0 unspecified atom stereocenters. The number of nitrogens with zero attached hydrogens (tertiary/aromatic N) is 8. The molecule has 0 N–H and O–H groups in total. The lowest BCUT2D eigenvalue weighted by Crippen LogP contribution is -2.26. The molecule has 0 saturated carbocycles. The summed E-state index contributed by atoms with van der Waals surface area (Å²) >= 11 is 0. The van der Waals surface area contributed by atoms with E-state index in [0.717, 1.165) is 28.0 Å². The van der Waals surface area contributed by atoms with E-state index in [4.69, 9.17) is 9.97 Å². The van der Waals surface area contributed by atoms with Crippen molar-refractivity contribution in [2.45, 2.75) is 20.0 Å². The van der Waals surface area contributed by atoms with Gasteiger partial charge in [0.15, 0.2) is 11.3 Å². The Bertz CT molecular complexity index is 1760. The van der Waals surface area contributed by atoms with Crippen molar-refractivity contribution in [1.29, 1.82) is 0 Å². The Kier molecular flexibility index (Phi) is 4.95. The first-order chi connectivity index (χ1) is 17.1. The molecule has 6 aromatic rings. The number of para-hydroxylation sites is 1. The highest BCUT2D eigenvalue weighted by atomic mass is 16.1. The van der Waals surface area contributed by atoms with Crippen LogP contribution in [0.25, 0.3) is 27.6 Å². The van der Waals surface area contributed by atoms with E-state index in [9.17, 15) is 4.79 Å². The summed E-state index contributed by atoms with van der Waals surface area (Å²) in [5, 5.41) is 5.53. The van der Waals surface area contributed by atoms with Crippen molar-refractivity contribution in [3.05, 3.63) is 101 Å². The van der Waals surface area contributed by atoms with E-state index in [-0.39, 0.29) is 12.1 Å². The number of fused-ring (bicyclic) bond motifs is 4. The molecule has 9 nitrogen and oxygen atoms in total. The molecule has 0 saturated heterocycles. The fourth-order valence-corrected chi connectivity index (χ4v) is 4.42. The van der Waals surface area contributed by atoms with Crippen LogP contribution in [-0.2, 0) is 13.1 Å². The fourth-order valence-electron chi connectivity index (χ4n) is 4.42. The van der Waals surface area contributed by atoms with Gasteiger partial charge < -0.3 is 4.90 Å². The number of aryl methyl sites for hydroxylation is 1.